The first kappa shape index (κ1) is 17.0. The molecule has 2 aliphatic heterocycles. The SMILES string of the molecule is Nc1nccc(N2CCC3(CC2)CC(c2ccccc2)CN(C2CC2)C3)n1. The Hall–Kier alpha value is -2.14. The summed E-state index contributed by atoms with van der Waals surface area (Å²) >= 11 is 0. The van der Waals surface area contributed by atoms with E-state index in [9.17, 15) is 0 Å². The van der Waals surface area contributed by atoms with Crippen molar-refractivity contribution in [1.29, 1.82) is 0 Å². The van der Waals surface area contributed by atoms with Gasteiger partial charge in [-0.1, -0.05) is 30.3 Å². The first-order valence-electron chi connectivity index (χ1n) is 10.3. The molecule has 1 atom stereocenters. The van der Waals surface area contributed by atoms with Crippen LogP contribution in [0.1, 0.15) is 43.6 Å². The van der Waals surface area contributed by atoms with E-state index in [0.29, 0.717) is 17.3 Å². The van der Waals surface area contributed by atoms with Gasteiger partial charge in [0.05, 0.1) is 0 Å². The van der Waals surface area contributed by atoms with Crippen LogP contribution < -0.4 is 10.6 Å². The molecule has 5 heteroatoms. The molecule has 1 saturated carbocycles. The van der Waals surface area contributed by atoms with Crippen LogP contribution >= 0.6 is 0 Å². The molecule has 0 radical (unpaired) electrons. The van der Waals surface area contributed by atoms with Gasteiger partial charge >= 0.3 is 0 Å². The molecule has 142 valence electrons. The first-order chi connectivity index (χ1) is 13.2. The fraction of sp³-hybridized carbons (Fsp3) is 0.545. The fourth-order valence-corrected chi connectivity index (χ4v) is 5.21. The van der Waals surface area contributed by atoms with E-state index in [2.05, 4.69) is 50.1 Å². The molecule has 3 heterocycles. The van der Waals surface area contributed by atoms with Gasteiger partial charge in [0.25, 0.3) is 0 Å². The van der Waals surface area contributed by atoms with Gasteiger partial charge in [0.2, 0.25) is 5.95 Å². The third-order valence-corrected chi connectivity index (χ3v) is 6.81. The molecule has 2 aromatic rings. The maximum atomic E-state index is 5.79. The number of nitrogens with two attached hydrogens (primary N) is 1. The van der Waals surface area contributed by atoms with Gasteiger partial charge in [-0.25, -0.2) is 4.98 Å². The summed E-state index contributed by atoms with van der Waals surface area (Å²) in [4.78, 5) is 13.7. The number of nitrogens with zero attached hydrogens (tertiary/aromatic N) is 4. The van der Waals surface area contributed by atoms with Gasteiger partial charge in [-0.05, 0) is 55.1 Å². The van der Waals surface area contributed by atoms with E-state index in [-0.39, 0.29) is 0 Å². The van der Waals surface area contributed by atoms with E-state index in [1.165, 1.54) is 50.8 Å². The molecule has 1 unspecified atom stereocenters. The number of piperidine rings is 2. The number of hydrogen-bond acceptors (Lipinski definition) is 5. The Morgan fingerprint density at radius 3 is 2.52 bits per heavy atom. The zero-order chi connectivity index (χ0) is 18.3. The van der Waals surface area contributed by atoms with Crippen LogP contribution in [0.4, 0.5) is 11.8 Å². The minimum atomic E-state index is 0.370. The van der Waals surface area contributed by atoms with Gasteiger partial charge in [0.1, 0.15) is 5.82 Å². The second-order valence-electron chi connectivity index (χ2n) is 8.73. The van der Waals surface area contributed by atoms with Crippen molar-refractivity contribution < 1.29 is 0 Å². The molecule has 1 aromatic heterocycles. The summed E-state index contributed by atoms with van der Waals surface area (Å²) in [7, 11) is 0. The summed E-state index contributed by atoms with van der Waals surface area (Å²) in [5, 5.41) is 0. The molecule has 1 spiro atoms. The lowest BCUT2D eigenvalue weighted by Gasteiger charge is -2.51. The van der Waals surface area contributed by atoms with Crippen molar-refractivity contribution in [2.45, 2.75) is 44.1 Å². The summed E-state index contributed by atoms with van der Waals surface area (Å²) in [6.07, 6.45) is 8.35. The predicted octanol–water partition coefficient (Wildman–Crippen LogP) is 3.30. The van der Waals surface area contributed by atoms with E-state index in [1.807, 2.05) is 6.07 Å². The van der Waals surface area contributed by atoms with Crippen molar-refractivity contribution in [2.75, 3.05) is 36.8 Å². The Morgan fingerprint density at radius 1 is 1.04 bits per heavy atom. The average molecular weight is 364 g/mol. The van der Waals surface area contributed by atoms with Crippen molar-refractivity contribution in [2.24, 2.45) is 5.41 Å². The van der Waals surface area contributed by atoms with Crippen LogP contribution in [0.3, 0.4) is 0 Å². The topological polar surface area (TPSA) is 58.3 Å². The van der Waals surface area contributed by atoms with Crippen LogP contribution in [0.5, 0.6) is 0 Å². The quantitative estimate of drug-likeness (QED) is 0.907. The van der Waals surface area contributed by atoms with Gasteiger partial charge in [0, 0.05) is 38.4 Å². The maximum absolute atomic E-state index is 5.79. The third-order valence-electron chi connectivity index (χ3n) is 6.81. The summed E-state index contributed by atoms with van der Waals surface area (Å²) in [5.74, 6) is 2.02. The maximum Gasteiger partial charge on any atom is 0.221 e. The highest BCUT2D eigenvalue weighted by Gasteiger charge is 2.45. The summed E-state index contributed by atoms with van der Waals surface area (Å²) < 4.78 is 0. The van der Waals surface area contributed by atoms with Gasteiger partial charge in [-0.2, -0.15) is 4.98 Å². The summed E-state index contributed by atoms with van der Waals surface area (Å²) in [5.41, 5.74) is 7.75. The van der Waals surface area contributed by atoms with Crippen LogP contribution in [0.15, 0.2) is 42.6 Å². The lowest BCUT2D eigenvalue weighted by molar-refractivity contribution is 0.0460. The van der Waals surface area contributed by atoms with Crippen molar-refractivity contribution in [1.82, 2.24) is 14.9 Å². The fourth-order valence-electron chi connectivity index (χ4n) is 5.21. The molecule has 0 bridgehead atoms. The molecule has 5 nitrogen and oxygen atoms in total. The van der Waals surface area contributed by atoms with E-state index >= 15 is 0 Å². The molecule has 1 aromatic carbocycles. The Balaban J connectivity index is 1.34. The van der Waals surface area contributed by atoms with Crippen LogP contribution in [0.2, 0.25) is 0 Å². The molecule has 3 aliphatic rings. The van der Waals surface area contributed by atoms with Crippen LogP contribution in [0.25, 0.3) is 0 Å². The van der Waals surface area contributed by atoms with Gasteiger partial charge in [0.15, 0.2) is 0 Å². The van der Waals surface area contributed by atoms with Crippen molar-refractivity contribution in [3.63, 3.8) is 0 Å². The Labute approximate surface area is 161 Å². The van der Waals surface area contributed by atoms with Crippen molar-refractivity contribution in [3.05, 3.63) is 48.2 Å². The Kier molecular flexibility index (Phi) is 4.27. The smallest absolute Gasteiger partial charge is 0.221 e. The third kappa shape index (κ3) is 3.53. The molecule has 3 fully saturated rings. The van der Waals surface area contributed by atoms with Crippen LogP contribution in [-0.2, 0) is 0 Å². The normalized spacial score (nSPS) is 25.6. The van der Waals surface area contributed by atoms with E-state index in [4.69, 9.17) is 5.73 Å². The monoisotopic (exact) mass is 363 g/mol. The van der Waals surface area contributed by atoms with Crippen molar-refractivity contribution in [3.8, 4) is 0 Å². The van der Waals surface area contributed by atoms with Crippen molar-refractivity contribution >= 4 is 11.8 Å². The molecule has 2 saturated heterocycles. The van der Waals surface area contributed by atoms with Gasteiger partial charge < -0.3 is 10.6 Å². The van der Waals surface area contributed by atoms with Gasteiger partial charge in [-0.3, -0.25) is 4.90 Å². The number of nitrogen functional groups attached to an aromatic ring is 1. The lowest BCUT2D eigenvalue weighted by atomic mass is 9.68. The first-order valence-corrected chi connectivity index (χ1v) is 10.3. The predicted molar refractivity (Wildman–Crippen MR) is 109 cm³/mol. The number of anilines is 2. The largest absolute Gasteiger partial charge is 0.368 e. The number of hydrogen-bond donors (Lipinski definition) is 1. The van der Waals surface area contributed by atoms with Crippen LogP contribution in [0, 0.1) is 5.41 Å². The molecule has 2 N–H and O–H groups in total. The number of aromatic nitrogens is 2. The highest BCUT2D eigenvalue weighted by Crippen LogP contribution is 2.47. The van der Waals surface area contributed by atoms with E-state index in [1.54, 1.807) is 6.20 Å². The molecule has 0 amide bonds. The van der Waals surface area contributed by atoms with Crippen LogP contribution in [-0.4, -0.2) is 47.1 Å². The molecule has 27 heavy (non-hydrogen) atoms. The summed E-state index contributed by atoms with van der Waals surface area (Å²) in [6, 6.07) is 14.0. The minimum Gasteiger partial charge on any atom is -0.368 e. The summed E-state index contributed by atoms with van der Waals surface area (Å²) in [6.45, 7) is 4.65. The second-order valence-corrected chi connectivity index (χ2v) is 8.73. The second kappa shape index (κ2) is 6.79. The number of rotatable bonds is 3. The number of likely N-dealkylation sites (tertiary alicyclic amines) is 1. The highest BCUT2D eigenvalue weighted by molar-refractivity contribution is 5.41. The molecule has 1 aliphatic carbocycles. The zero-order valence-corrected chi connectivity index (χ0v) is 15.9. The van der Waals surface area contributed by atoms with E-state index < -0.39 is 0 Å². The minimum absolute atomic E-state index is 0.370. The molecular weight excluding hydrogens is 334 g/mol. The average Bonchev–Trinajstić information content (AvgIpc) is 3.54. The molecular formula is C22H29N5. The Bertz CT molecular complexity index is 780. The number of benzene rings is 1. The standard InChI is InChI=1S/C22H29N5/c23-21-24-11-8-20(25-21)26-12-9-22(10-13-26)14-18(17-4-2-1-3-5-17)15-27(16-22)19-6-7-19/h1-5,8,11,18-19H,6-7,9-10,12-16H2,(H2,23,24,25). The Morgan fingerprint density at radius 2 is 1.81 bits per heavy atom. The van der Waals surface area contributed by atoms with E-state index in [0.717, 1.165) is 24.9 Å². The molecule has 5 rings (SSSR count). The highest BCUT2D eigenvalue weighted by atomic mass is 15.2. The lowest BCUT2D eigenvalue weighted by Crippen LogP contribution is -2.52. The van der Waals surface area contributed by atoms with Gasteiger partial charge in [-0.15, -0.1) is 0 Å². The zero-order valence-electron chi connectivity index (χ0n) is 15.9.